The average molecular weight is 225 g/mol. The highest BCUT2D eigenvalue weighted by atomic mass is 16.3. The van der Waals surface area contributed by atoms with Gasteiger partial charge in [0.05, 0.1) is 12.7 Å². The van der Waals surface area contributed by atoms with Crippen LogP contribution in [0.1, 0.15) is 16.7 Å². The van der Waals surface area contributed by atoms with Crippen molar-refractivity contribution in [3.05, 3.63) is 28.8 Å². The largest absolute Gasteiger partial charge is 0.507 e. The number of aliphatic hydroxyl groups is 2. The van der Waals surface area contributed by atoms with E-state index in [9.17, 15) is 5.11 Å². The van der Waals surface area contributed by atoms with E-state index >= 15 is 0 Å². The molecule has 0 radical (unpaired) electrons. The first-order valence-electron chi connectivity index (χ1n) is 5.33. The number of nitrogens with one attached hydrogen (secondary N) is 1. The fourth-order valence-corrected chi connectivity index (χ4v) is 1.60. The van der Waals surface area contributed by atoms with Gasteiger partial charge in [-0.1, -0.05) is 12.1 Å². The van der Waals surface area contributed by atoms with Crippen molar-refractivity contribution in [3.63, 3.8) is 0 Å². The Labute approximate surface area is 95.6 Å². The summed E-state index contributed by atoms with van der Waals surface area (Å²) < 4.78 is 0. The number of aromatic hydroxyl groups is 1. The Hall–Kier alpha value is -1.10. The monoisotopic (exact) mass is 225 g/mol. The van der Waals surface area contributed by atoms with Crippen LogP contribution in [0.4, 0.5) is 0 Å². The Morgan fingerprint density at radius 3 is 2.31 bits per heavy atom. The molecule has 1 atom stereocenters. The first kappa shape index (κ1) is 13.0. The van der Waals surface area contributed by atoms with Crippen molar-refractivity contribution >= 4 is 0 Å². The molecule has 4 heteroatoms. The molecule has 1 rings (SSSR count). The summed E-state index contributed by atoms with van der Waals surface area (Å²) >= 11 is 0. The molecule has 90 valence electrons. The van der Waals surface area contributed by atoms with Crippen LogP contribution in [0.15, 0.2) is 12.1 Å². The molecule has 0 saturated carbocycles. The first-order chi connectivity index (χ1) is 7.54. The summed E-state index contributed by atoms with van der Waals surface area (Å²) in [6.07, 6.45) is -0.723. The molecule has 0 bridgehead atoms. The van der Waals surface area contributed by atoms with Gasteiger partial charge in [-0.3, -0.25) is 0 Å². The number of phenols is 1. The Morgan fingerprint density at radius 1 is 1.25 bits per heavy atom. The molecule has 0 aliphatic heterocycles. The molecule has 0 heterocycles. The third kappa shape index (κ3) is 3.48. The Balaban J connectivity index is 2.55. The molecule has 0 aromatic heterocycles. The van der Waals surface area contributed by atoms with E-state index in [2.05, 4.69) is 5.32 Å². The molecule has 0 fully saturated rings. The highest BCUT2D eigenvalue weighted by Crippen LogP contribution is 2.22. The predicted octanol–water partition coefficient (Wildman–Crippen LogP) is 0.452. The lowest BCUT2D eigenvalue weighted by Crippen LogP contribution is -2.28. The van der Waals surface area contributed by atoms with Crippen LogP contribution < -0.4 is 5.32 Å². The summed E-state index contributed by atoms with van der Waals surface area (Å²) in [6.45, 7) is 4.44. The zero-order valence-electron chi connectivity index (χ0n) is 9.70. The lowest BCUT2D eigenvalue weighted by molar-refractivity contribution is 0.0942. The Kier molecular flexibility index (Phi) is 4.73. The van der Waals surface area contributed by atoms with Crippen LogP contribution >= 0.6 is 0 Å². The van der Waals surface area contributed by atoms with Gasteiger partial charge in [0.15, 0.2) is 0 Å². The molecule has 0 spiro atoms. The van der Waals surface area contributed by atoms with E-state index < -0.39 is 6.10 Å². The van der Waals surface area contributed by atoms with Crippen molar-refractivity contribution < 1.29 is 15.3 Å². The van der Waals surface area contributed by atoms with Crippen molar-refractivity contribution in [2.75, 3.05) is 13.2 Å². The predicted molar refractivity (Wildman–Crippen MR) is 62.4 cm³/mol. The summed E-state index contributed by atoms with van der Waals surface area (Å²) in [5.41, 5.74) is 2.75. The zero-order chi connectivity index (χ0) is 12.1. The van der Waals surface area contributed by atoms with E-state index in [-0.39, 0.29) is 6.61 Å². The number of hydrogen-bond donors (Lipinski definition) is 4. The van der Waals surface area contributed by atoms with Crippen LogP contribution in [0.25, 0.3) is 0 Å². The van der Waals surface area contributed by atoms with Crippen LogP contribution in [0.5, 0.6) is 5.75 Å². The minimum atomic E-state index is -0.723. The summed E-state index contributed by atoms with van der Waals surface area (Å²) in [4.78, 5) is 0. The third-order valence-corrected chi connectivity index (χ3v) is 2.47. The topological polar surface area (TPSA) is 72.7 Å². The second-order valence-corrected chi connectivity index (χ2v) is 4.05. The van der Waals surface area contributed by atoms with Gasteiger partial charge < -0.3 is 20.6 Å². The second kappa shape index (κ2) is 5.84. The van der Waals surface area contributed by atoms with Crippen LogP contribution in [-0.4, -0.2) is 34.6 Å². The Morgan fingerprint density at radius 2 is 1.81 bits per heavy atom. The molecule has 16 heavy (non-hydrogen) atoms. The molecule has 0 aliphatic rings. The maximum atomic E-state index is 9.59. The smallest absolute Gasteiger partial charge is 0.121 e. The molecular formula is C12H19NO3. The van der Waals surface area contributed by atoms with Gasteiger partial charge in [-0.25, -0.2) is 0 Å². The number of phenolic OH excluding ortho intramolecular Hbond substituents is 1. The van der Waals surface area contributed by atoms with E-state index in [1.54, 1.807) is 0 Å². The van der Waals surface area contributed by atoms with Gasteiger partial charge in [-0.15, -0.1) is 0 Å². The first-order valence-corrected chi connectivity index (χ1v) is 5.33. The van der Waals surface area contributed by atoms with Crippen LogP contribution in [0.2, 0.25) is 0 Å². The normalized spacial score (nSPS) is 12.8. The number of hydrogen-bond acceptors (Lipinski definition) is 4. The highest BCUT2D eigenvalue weighted by molar-refractivity contribution is 5.42. The van der Waals surface area contributed by atoms with Crippen molar-refractivity contribution in [2.24, 2.45) is 0 Å². The SMILES string of the molecule is Cc1cc(CNC[C@@H](O)CO)cc(C)c1O. The Bertz CT molecular complexity index is 329. The highest BCUT2D eigenvalue weighted by Gasteiger charge is 2.04. The minimum Gasteiger partial charge on any atom is -0.507 e. The van der Waals surface area contributed by atoms with Gasteiger partial charge >= 0.3 is 0 Å². The van der Waals surface area contributed by atoms with E-state index in [0.717, 1.165) is 16.7 Å². The van der Waals surface area contributed by atoms with Gasteiger partial charge in [-0.05, 0) is 30.5 Å². The van der Waals surface area contributed by atoms with Gasteiger partial charge in [0.25, 0.3) is 0 Å². The van der Waals surface area contributed by atoms with Gasteiger partial charge in [-0.2, -0.15) is 0 Å². The summed E-state index contributed by atoms with van der Waals surface area (Å²) in [5, 5.41) is 30.4. The minimum absolute atomic E-state index is 0.235. The summed E-state index contributed by atoms with van der Waals surface area (Å²) in [6, 6.07) is 3.81. The van der Waals surface area contributed by atoms with Crippen molar-refractivity contribution in [1.82, 2.24) is 5.32 Å². The van der Waals surface area contributed by atoms with Crippen LogP contribution in [0.3, 0.4) is 0 Å². The van der Waals surface area contributed by atoms with Crippen LogP contribution in [-0.2, 0) is 6.54 Å². The maximum Gasteiger partial charge on any atom is 0.121 e. The van der Waals surface area contributed by atoms with E-state index in [1.807, 2.05) is 26.0 Å². The number of rotatable bonds is 5. The van der Waals surface area contributed by atoms with Crippen molar-refractivity contribution in [2.45, 2.75) is 26.5 Å². The molecule has 0 amide bonds. The van der Waals surface area contributed by atoms with Crippen molar-refractivity contribution in [1.29, 1.82) is 0 Å². The fraction of sp³-hybridized carbons (Fsp3) is 0.500. The lowest BCUT2D eigenvalue weighted by Gasteiger charge is -2.11. The van der Waals surface area contributed by atoms with E-state index in [1.165, 1.54) is 0 Å². The molecule has 1 aromatic carbocycles. The standard InChI is InChI=1S/C12H19NO3/c1-8-3-10(4-9(2)12(8)16)5-13-6-11(15)7-14/h3-4,11,13-16H,5-7H2,1-2H3/t11-/m1/s1. The third-order valence-electron chi connectivity index (χ3n) is 2.47. The van der Waals surface area contributed by atoms with Gasteiger partial charge in [0.1, 0.15) is 5.75 Å². The van der Waals surface area contributed by atoms with E-state index in [4.69, 9.17) is 10.2 Å². The number of aliphatic hydroxyl groups excluding tert-OH is 2. The molecule has 0 saturated heterocycles. The molecule has 4 N–H and O–H groups in total. The maximum absolute atomic E-state index is 9.59. The van der Waals surface area contributed by atoms with E-state index in [0.29, 0.717) is 18.8 Å². The summed E-state index contributed by atoms with van der Waals surface area (Å²) in [5.74, 6) is 0.333. The van der Waals surface area contributed by atoms with Gasteiger partial charge in [0, 0.05) is 13.1 Å². The average Bonchev–Trinajstić information content (AvgIpc) is 2.25. The van der Waals surface area contributed by atoms with Crippen LogP contribution in [0, 0.1) is 13.8 Å². The second-order valence-electron chi connectivity index (χ2n) is 4.05. The molecule has 0 aliphatic carbocycles. The molecular weight excluding hydrogens is 206 g/mol. The lowest BCUT2D eigenvalue weighted by atomic mass is 10.1. The molecule has 4 nitrogen and oxygen atoms in total. The zero-order valence-corrected chi connectivity index (χ0v) is 9.70. The molecule has 0 unspecified atom stereocenters. The fourth-order valence-electron chi connectivity index (χ4n) is 1.60. The van der Waals surface area contributed by atoms with Gasteiger partial charge in [0.2, 0.25) is 0 Å². The number of aryl methyl sites for hydroxylation is 2. The molecule has 1 aromatic rings. The quantitative estimate of drug-likeness (QED) is 0.587. The summed E-state index contributed by atoms with van der Waals surface area (Å²) in [7, 11) is 0. The number of benzene rings is 1. The van der Waals surface area contributed by atoms with Crippen molar-refractivity contribution in [3.8, 4) is 5.75 Å².